The third-order valence-electron chi connectivity index (χ3n) is 3.01. The monoisotopic (exact) mass is 278 g/mol. The zero-order valence-electron chi connectivity index (χ0n) is 12.6. The topological polar surface area (TPSA) is 61.4 Å². The molecule has 0 saturated carbocycles. The van der Waals surface area contributed by atoms with Gasteiger partial charge in [-0.05, 0) is 30.4 Å². The van der Waals surface area contributed by atoms with E-state index in [0.717, 1.165) is 12.0 Å². The van der Waals surface area contributed by atoms with Gasteiger partial charge in [0.1, 0.15) is 0 Å². The highest BCUT2D eigenvalue weighted by atomic mass is 16.3. The van der Waals surface area contributed by atoms with Crippen molar-refractivity contribution in [3.8, 4) is 0 Å². The minimum atomic E-state index is -0.586. The lowest BCUT2D eigenvalue weighted by molar-refractivity contribution is -0.120. The Balaban J connectivity index is 2.39. The number of aliphatic hydroxyl groups is 1. The molecule has 0 saturated heterocycles. The zero-order valence-corrected chi connectivity index (χ0v) is 12.6. The van der Waals surface area contributed by atoms with Crippen molar-refractivity contribution in [3.05, 3.63) is 35.4 Å². The molecule has 3 N–H and O–H groups in total. The van der Waals surface area contributed by atoms with Gasteiger partial charge in [-0.15, -0.1) is 0 Å². The highest BCUT2D eigenvalue weighted by molar-refractivity contribution is 5.77. The van der Waals surface area contributed by atoms with Gasteiger partial charge in [0.25, 0.3) is 0 Å². The Morgan fingerprint density at radius 3 is 2.45 bits per heavy atom. The van der Waals surface area contributed by atoms with E-state index in [1.165, 1.54) is 5.56 Å². The molecule has 1 rings (SSSR count). The number of likely N-dealkylation sites (N-methyl/N-ethyl adjacent to an activating group) is 1. The van der Waals surface area contributed by atoms with E-state index in [1.807, 2.05) is 19.1 Å². The molecule has 0 aliphatic heterocycles. The number of amides is 1. The van der Waals surface area contributed by atoms with E-state index in [9.17, 15) is 9.90 Å². The second-order valence-electron chi connectivity index (χ2n) is 5.44. The van der Waals surface area contributed by atoms with Crippen LogP contribution in [0.1, 0.15) is 38.0 Å². The largest absolute Gasteiger partial charge is 0.387 e. The third kappa shape index (κ3) is 6.17. The molecule has 0 aliphatic carbocycles. The van der Waals surface area contributed by atoms with Gasteiger partial charge < -0.3 is 15.7 Å². The van der Waals surface area contributed by atoms with Crippen LogP contribution in [0.25, 0.3) is 0 Å². The van der Waals surface area contributed by atoms with Crippen LogP contribution >= 0.6 is 0 Å². The first-order valence-electron chi connectivity index (χ1n) is 7.27. The van der Waals surface area contributed by atoms with Gasteiger partial charge in [-0.25, -0.2) is 0 Å². The van der Waals surface area contributed by atoms with Gasteiger partial charge in [0.05, 0.1) is 12.6 Å². The number of carbonyl (C=O) groups is 1. The summed E-state index contributed by atoms with van der Waals surface area (Å²) < 4.78 is 0. The molecule has 112 valence electrons. The molecule has 1 atom stereocenters. The van der Waals surface area contributed by atoms with Crippen LogP contribution in [0.15, 0.2) is 24.3 Å². The molecule has 0 fully saturated rings. The molecule has 0 aromatic heterocycles. The molecule has 0 bridgehead atoms. The van der Waals surface area contributed by atoms with Gasteiger partial charge in [0.2, 0.25) is 5.91 Å². The van der Waals surface area contributed by atoms with Crippen molar-refractivity contribution in [1.82, 2.24) is 10.6 Å². The van der Waals surface area contributed by atoms with Gasteiger partial charge in [-0.2, -0.15) is 0 Å². The molecule has 20 heavy (non-hydrogen) atoms. The van der Waals surface area contributed by atoms with Crippen molar-refractivity contribution in [2.24, 2.45) is 5.92 Å². The summed E-state index contributed by atoms with van der Waals surface area (Å²) in [5.74, 6) is 0.580. The highest BCUT2D eigenvalue weighted by Crippen LogP contribution is 2.15. The summed E-state index contributed by atoms with van der Waals surface area (Å²) in [6.07, 6.45) is 0.462. The van der Waals surface area contributed by atoms with Crippen molar-refractivity contribution in [1.29, 1.82) is 0 Å². The summed E-state index contributed by atoms with van der Waals surface area (Å²) in [5, 5.41) is 15.7. The molecule has 0 radical (unpaired) electrons. The number of nitrogens with one attached hydrogen (secondary N) is 2. The molecular weight excluding hydrogens is 252 g/mol. The molecular formula is C16H26N2O2. The maximum absolute atomic E-state index is 11.3. The molecule has 4 nitrogen and oxygen atoms in total. The summed E-state index contributed by atoms with van der Waals surface area (Å²) in [7, 11) is 0. The fourth-order valence-corrected chi connectivity index (χ4v) is 2.05. The molecule has 1 aromatic rings. The summed E-state index contributed by atoms with van der Waals surface area (Å²) in [5.41, 5.74) is 2.16. The number of rotatable bonds is 8. The van der Waals surface area contributed by atoms with Crippen molar-refractivity contribution in [2.45, 2.75) is 33.3 Å². The SMILES string of the molecule is CCNC(=O)CNCC(O)c1ccc(CC(C)C)cc1. The van der Waals surface area contributed by atoms with Gasteiger partial charge in [-0.3, -0.25) is 4.79 Å². The minimum absolute atomic E-state index is 0.0491. The third-order valence-corrected chi connectivity index (χ3v) is 3.01. The lowest BCUT2D eigenvalue weighted by Gasteiger charge is -2.13. The molecule has 1 amide bonds. The Morgan fingerprint density at radius 1 is 1.25 bits per heavy atom. The highest BCUT2D eigenvalue weighted by Gasteiger charge is 2.08. The predicted octanol–water partition coefficient (Wildman–Crippen LogP) is 1.64. The number of aliphatic hydroxyl groups excluding tert-OH is 1. The summed E-state index contributed by atoms with van der Waals surface area (Å²) in [6.45, 7) is 7.49. The van der Waals surface area contributed by atoms with Crippen LogP contribution in [0, 0.1) is 5.92 Å². The Labute approximate surface area is 121 Å². The van der Waals surface area contributed by atoms with Crippen LogP contribution in [0.2, 0.25) is 0 Å². The second-order valence-corrected chi connectivity index (χ2v) is 5.44. The molecule has 0 heterocycles. The quantitative estimate of drug-likeness (QED) is 0.677. The van der Waals surface area contributed by atoms with Crippen LogP contribution in [0.4, 0.5) is 0 Å². The Kier molecular flexibility index (Phi) is 7.26. The van der Waals surface area contributed by atoms with E-state index in [0.29, 0.717) is 19.0 Å². The van der Waals surface area contributed by atoms with Crippen LogP contribution in [-0.4, -0.2) is 30.6 Å². The average molecular weight is 278 g/mol. The fraction of sp³-hybridized carbons (Fsp3) is 0.562. The van der Waals surface area contributed by atoms with Crippen molar-refractivity contribution in [2.75, 3.05) is 19.6 Å². The first-order chi connectivity index (χ1) is 9.52. The van der Waals surface area contributed by atoms with E-state index in [-0.39, 0.29) is 12.5 Å². The Hall–Kier alpha value is -1.39. The van der Waals surface area contributed by atoms with Gasteiger partial charge in [-0.1, -0.05) is 38.1 Å². The van der Waals surface area contributed by atoms with E-state index in [4.69, 9.17) is 0 Å². The first-order valence-corrected chi connectivity index (χ1v) is 7.27. The smallest absolute Gasteiger partial charge is 0.233 e. The van der Waals surface area contributed by atoms with E-state index in [2.05, 4.69) is 36.6 Å². The van der Waals surface area contributed by atoms with Crippen LogP contribution in [0.3, 0.4) is 0 Å². The lowest BCUT2D eigenvalue weighted by Crippen LogP contribution is -2.35. The Bertz CT molecular complexity index is 401. The Morgan fingerprint density at radius 2 is 1.90 bits per heavy atom. The predicted molar refractivity (Wildman–Crippen MR) is 81.5 cm³/mol. The second kappa shape index (κ2) is 8.72. The first kappa shape index (κ1) is 16.7. The normalized spacial score (nSPS) is 12.4. The van der Waals surface area contributed by atoms with E-state index >= 15 is 0 Å². The lowest BCUT2D eigenvalue weighted by atomic mass is 10.0. The molecule has 1 unspecified atom stereocenters. The average Bonchev–Trinajstić information content (AvgIpc) is 2.39. The maximum atomic E-state index is 11.3. The molecule has 0 aliphatic rings. The van der Waals surface area contributed by atoms with Crippen molar-refractivity contribution < 1.29 is 9.90 Å². The maximum Gasteiger partial charge on any atom is 0.233 e. The number of benzene rings is 1. The van der Waals surface area contributed by atoms with Crippen LogP contribution in [-0.2, 0) is 11.2 Å². The molecule has 0 spiro atoms. The summed E-state index contributed by atoms with van der Waals surface area (Å²) in [4.78, 5) is 11.3. The van der Waals surface area contributed by atoms with Crippen LogP contribution in [0.5, 0.6) is 0 Å². The standard InChI is InChI=1S/C16H26N2O2/c1-4-18-16(20)11-17-10-15(19)14-7-5-13(6-8-14)9-12(2)3/h5-8,12,15,17,19H,4,9-11H2,1-3H3,(H,18,20). The number of hydrogen-bond donors (Lipinski definition) is 3. The summed E-state index contributed by atoms with van der Waals surface area (Å²) >= 11 is 0. The summed E-state index contributed by atoms with van der Waals surface area (Å²) in [6, 6.07) is 8.02. The van der Waals surface area contributed by atoms with Gasteiger partial charge in [0, 0.05) is 13.1 Å². The van der Waals surface area contributed by atoms with E-state index in [1.54, 1.807) is 0 Å². The minimum Gasteiger partial charge on any atom is -0.387 e. The molecule has 4 heteroatoms. The van der Waals surface area contributed by atoms with Gasteiger partial charge in [0.15, 0.2) is 0 Å². The fourth-order valence-electron chi connectivity index (χ4n) is 2.05. The van der Waals surface area contributed by atoms with Gasteiger partial charge >= 0.3 is 0 Å². The number of hydrogen-bond acceptors (Lipinski definition) is 3. The van der Waals surface area contributed by atoms with Crippen molar-refractivity contribution in [3.63, 3.8) is 0 Å². The van der Waals surface area contributed by atoms with E-state index < -0.39 is 6.10 Å². The molecule has 1 aromatic carbocycles. The van der Waals surface area contributed by atoms with Crippen LogP contribution < -0.4 is 10.6 Å². The van der Waals surface area contributed by atoms with Crippen molar-refractivity contribution >= 4 is 5.91 Å². The number of carbonyl (C=O) groups excluding carboxylic acids is 1. The zero-order chi connectivity index (χ0) is 15.0.